The summed E-state index contributed by atoms with van der Waals surface area (Å²) in [5, 5.41) is 0. The van der Waals surface area contributed by atoms with Crippen molar-refractivity contribution in [1.29, 1.82) is 0 Å². The Kier molecular flexibility index (Phi) is 14.4. The summed E-state index contributed by atoms with van der Waals surface area (Å²) in [6, 6.07) is 48.4. The Bertz CT molecular complexity index is 1870. The van der Waals surface area contributed by atoms with E-state index >= 15 is 0 Å². The zero-order chi connectivity index (χ0) is 38.4. The van der Waals surface area contributed by atoms with Crippen LogP contribution in [-0.4, -0.2) is 75.5 Å². The minimum atomic E-state index is -0.913. The van der Waals surface area contributed by atoms with E-state index in [9.17, 15) is 4.79 Å². The summed E-state index contributed by atoms with van der Waals surface area (Å²) in [4.78, 5) is 13.1. The van der Waals surface area contributed by atoms with Gasteiger partial charge in [0.05, 0.1) is 38.6 Å². The predicted molar refractivity (Wildman–Crippen MR) is 207 cm³/mol. The third-order valence-corrected chi connectivity index (χ3v) is 9.72. The van der Waals surface area contributed by atoms with Gasteiger partial charge in [-0.2, -0.15) is 0 Å². The van der Waals surface area contributed by atoms with Gasteiger partial charge in [0, 0.05) is 7.11 Å². The van der Waals surface area contributed by atoms with Crippen LogP contribution < -0.4 is 0 Å². The van der Waals surface area contributed by atoms with Crippen LogP contribution in [0, 0.1) is 0 Å². The van der Waals surface area contributed by atoms with Crippen molar-refractivity contribution < 1.29 is 47.4 Å². The summed E-state index contributed by atoms with van der Waals surface area (Å²) in [5.41, 5.74) is 4.41. The second-order valence-electron chi connectivity index (χ2n) is 13.7. The van der Waals surface area contributed by atoms with E-state index in [0.717, 1.165) is 22.3 Å². The third kappa shape index (κ3) is 10.8. The van der Waals surface area contributed by atoms with Crippen molar-refractivity contribution in [2.45, 2.75) is 75.6 Å². The number of hydrogen-bond acceptors (Lipinski definition) is 10. The van der Waals surface area contributed by atoms with Gasteiger partial charge in [0.15, 0.2) is 12.6 Å². The molecule has 8 atom stereocenters. The molecule has 0 N–H and O–H groups in total. The first kappa shape index (κ1) is 39.5. The molecule has 10 heteroatoms. The number of methoxy groups -OCH3 is 1. The molecule has 292 valence electrons. The number of rotatable bonds is 19. The van der Waals surface area contributed by atoms with Crippen molar-refractivity contribution in [2.24, 2.45) is 0 Å². The third-order valence-electron chi connectivity index (χ3n) is 9.72. The molecule has 0 amide bonds. The molecule has 0 aliphatic carbocycles. The zero-order valence-corrected chi connectivity index (χ0v) is 31.4. The molecule has 0 bridgehead atoms. The number of carbonyl (C=O) groups is 1. The Hall–Kier alpha value is -4.75. The van der Waals surface area contributed by atoms with Crippen LogP contribution in [-0.2, 0) is 69.1 Å². The van der Waals surface area contributed by atoms with Crippen LogP contribution in [0.1, 0.15) is 32.6 Å². The SMILES string of the molecule is CO[C@H]1O[C@H](CO[C@H]2O[C@H](COC(=O)c3ccccc3)[C@@H](OCc3ccccc3)[C@@H]2OCc2ccccc2)[C@@H](OCc2ccccc2)[C@@H]1OCc1ccccc1. The minimum Gasteiger partial charge on any atom is -0.459 e. The molecule has 5 aromatic carbocycles. The maximum Gasteiger partial charge on any atom is 0.338 e. The van der Waals surface area contributed by atoms with Crippen molar-refractivity contribution in [1.82, 2.24) is 0 Å². The van der Waals surface area contributed by atoms with Gasteiger partial charge in [-0.05, 0) is 34.4 Å². The Morgan fingerprint density at radius 3 is 1.23 bits per heavy atom. The minimum absolute atomic E-state index is 0.0578. The molecule has 7 rings (SSSR count). The van der Waals surface area contributed by atoms with Crippen LogP contribution in [0.5, 0.6) is 0 Å². The number of esters is 1. The average molecular weight is 761 g/mol. The molecule has 2 saturated heterocycles. The van der Waals surface area contributed by atoms with Gasteiger partial charge in [0.1, 0.15) is 43.2 Å². The monoisotopic (exact) mass is 760 g/mol. The Morgan fingerprint density at radius 2 is 0.804 bits per heavy atom. The summed E-state index contributed by atoms with van der Waals surface area (Å²) in [6.45, 7) is 1.22. The van der Waals surface area contributed by atoms with Gasteiger partial charge >= 0.3 is 5.97 Å². The summed E-state index contributed by atoms with van der Waals surface area (Å²) in [6.07, 6.45) is -5.40. The normalized spacial score (nSPS) is 24.6. The van der Waals surface area contributed by atoms with E-state index in [2.05, 4.69) is 0 Å². The standard InChI is InChI=1S/C46H48O10/c1-48-45-42(51-29-35-21-11-4-12-22-35)40(49-27-33-17-7-2-8-18-33)39(55-45)32-54-46-43(52-30-36-23-13-5-14-24-36)41(50-28-34-19-9-3-10-20-34)38(56-46)31-53-44(47)37-25-15-6-16-26-37/h2-26,38-43,45-46H,27-32H2,1H3/t38-,39-,40-,41-,42+,43+,45+,46+/m1/s1. The van der Waals surface area contributed by atoms with Crippen molar-refractivity contribution in [3.63, 3.8) is 0 Å². The Labute approximate surface area is 328 Å². The van der Waals surface area contributed by atoms with Gasteiger partial charge in [-0.25, -0.2) is 4.79 Å². The molecule has 2 heterocycles. The van der Waals surface area contributed by atoms with Crippen molar-refractivity contribution in [2.75, 3.05) is 20.3 Å². The maximum absolute atomic E-state index is 13.1. The quantitative estimate of drug-likeness (QED) is 0.0798. The van der Waals surface area contributed by atoms with Gasteiger partial charge in [-0.3, -0.25) is 0 Å². The lowest BCUT2D eigenvalue weighted by Gasteiger charge is -2.27. The molecule has 0 unspecified atom stereocenters. The van der Waals surface area contributed by atoms with Gasteiger partial charge in [0.2, 0.25) is 0 Å². The number of carbonyl (C=O) groups excluding carboxylic acids is 1. The number of ether oxygens (including phenoxy) is 9. The lowest BCUT2D eigenvalue weighted by atomic mass is 10.1. The van der Waals surface area contributed by atoms with Crippen LogP contribution in [0.2, 0.25) is 0 Å². The molecule has 2 fully saturated rings. The van der Waals surface area contributed by atoms with Crippen molar-refractivity contribution in [3.05, 3.63) is 179 Å². The van der Waals surface area contributed by atoms with E-state index in [4.69, 9.17) is 42.6 Å². The fraction of sp³-hybridized carbons (Fsp3) is 0.326. The summed E-state index contributed by atoms with van der Waals surface area (Å²) in [5.74, 6) is -0.466. The molecular formula is C46H48O10. The highest BCUT2D eigenvalue weighted by atomic mass is 16.8. The largest absolute Gasteiger partial charge is 0.459 e. The molecule has 5 aromatic rings. The highest BCUT2D eigenvalue weighted by Gasteiger charge is 2.51. The van der Waals surface area contributed by atoms with Crippen LogP contribution in [0.3, 0.4) is 0 Å². The van der Waals surface area contributed by atoms with Crippen molar-refractivity contribution in [3.8, 4) is 0 Å². The molecule has 0 spiro atoms. The van der Waals surface area contributed by atoms with E-state index in [1.807, 2.05) is 127 Å². The summed E-state index contributed by atoms with van der Waals surface area (Å²) in [7, 11) is 1.59. The highest BCUT2D eigenvalue weighted by Crippen LogP contribution is 2.33. The highest BCUT2D eigenvalue weighted by molar-refractivity contribution is 5.89. The number of benzene rings is 5. The second-order valence-corrected chi connectivity index (χ2v) is 13.7. The fourth-order valence-electron chi connectivity index (χ4n) is 6.80. The first-order chi connectivity index (χ1) is 27.6. The molecule has 0 saturated carbocycles. The molecular weight excluding hydrogens is 712 g/mol. The average Bonchev–Trinajstić information content (AvgIpc) is 3.78. The summed E-state index contributed by atoms with van der Waals surface area (Å²) >= 11 is 0. The van der Waals surface area contributed by atoms with E-state index in [-0.39, 0.29) is 26.4 Å². The van der Waals surface area contributed by atoms with E-state index in [1.54, 1.807) is 31.4 Å². The van der Waals surface area contributed by atoms with Gasteiger partial charge in [-0.1, -0.05) is 140 Å². The van der Waals surface area contributed by atoms with Crippen LogP contribution in [0.15, 0.2) is 152 Å². The second kappa shape index (κ2) is 20.4. The van der Waals surface area contributed by atoms with Gasteiger partial charge in [0.25, 0.3) is 0 Å². The topological polar surface area (TPSA) is 100 Å². The Morgan fingerprint density at radius 1 is 0.446 bits per heavy atom. The van der Waals surface area contributed by atoms with E-state index in [1.165, 1.54) is 0 Å². The van der Waals surface area contributed by atoms with Crippen LogP contribution >= 0.6 is 0 Å². The lowest BCUT2D eigenvalue weighted by Crippen LogP contribution is -2.42. The molecule has 0 aromatic heterocycles. The smallest absolute Gasteiger partial charge is 0.338 e. The van der Waals surface area contributed by atoms with Gasteiger partial charge in [-0.15, -0.1) is 0 Å². The Balaban J connectivity index is 1.11. The van der Waals surface area contributed by atoms with Gasteiger partial charge < -0.3 is 42.6 Å². The van der Waals surface area contributed by atoms with Crippen molar-refractivity contribution >= 4 is 5.97 Å². The molecule has 0 radical (unpaired) electrons. The molecule has 2 aliphatic rings. The first-order valence-electron chi connectivity index (χ1n) is 18.9. The molecule has 56 heavy (non-hydrogen) atoms. The maximum atomic E-state index is 13.1. The van der Waals surface area contributed by atoms with Crippen LogP contribution in [0.4, 0.5) is 0 Å². The molecule has 10 nitrogen and oxygen atoms in total. The first-order valence-corrected chi connectivity index (χ1v) is 18.9. The molecule has 2 aliphatic heterocycles. The number of hydrogen-bond donors (Lipinski definition) is 0. The van der Waals surface area contributed by atoms with E-state index in [0.29, 0.717) is 18.8 Å². The van der Waals surface area contributed by atoms with E-state index < -0.39 is 55.2 Å². The summed E-state index contributed by atoms with van der Waals surface area (Å²) < 4.78 is 57.3. The zero-order valence-electron chi connectivity index (χ0n) is 31.4. The van der Waals surface area contributed by atoms with Crippen LogP contribution in [0.25, 0.3) is 0 Å². The predicted octanol–water partition coefficient (Wildman–Crippen LogP) is 7.30. The lowest BCUT2D eigenvalue weighted by molar-refractivity contribution is -0.211. The fourth-order valence-corrected chi connectivity index (χ4v) is 6.80.